The number of nitrogens with zero attached hydrogens (tertiary/aromatic N) is 1. The maximum absolute atomic E-state index is 12.5. The Morgan fingerprint density at radius 1 is 1.41 bits per heavy atom. The standard InChI is InChI=1S/C11H9F2NO3/c12-11(13)7-1-6(3-10(16)17)9(4-14)8(2-7)5-15/h1-2,11,15H,3,5H2,(H,16,17). The molecule has 0 amide bonds. The van der Waals surface area contributed by atoms with Gasteiger partial charge in [-0.15, -0.1) is 0 Å². The molecular weight excluding hydrogens is 232 g/mol. The molecule has 0 unspecified atom stereocenters. The van der Waals surface area contributed by atoms with E-state index in [0.717, 1.165) is 12.1 Å². The van der Waals surface area contributed by atoms with Crippen molar-refractivity contribution in [3.8, 4) is 6.07 Å². The first kappa shape index (κ1) is 13.1. The van der Waals surface area contributed by atoms with Crippen LogP contribution in [0.15, 0.2) is 12.1 Å². The molecule has 0 atom stereocenters. The van der Waals surface area contributed by atoms with Crippen molar-refractivity contribution in [2.24, 2.45) is 0 Å². The summed E-state index contributed by atoms with van der Waals surface area (Å²) in [6, 6.07) is 3.71. The van der Waals surface area contributed by atoms with Gasteiger partial charge in [0.1, 0.15) is 0 Å². The van der Waals surface area contributed by atoms with Crippen LogP contribution < -0.4 is 0 Å². The molecule has 1 rings (SSSR count). The highest BCUT2D eigenvalue weighted by Gasteiger charge is 2.16. The van der Waals surface area contributed by atoms with E-state index in [9.17, 15) is 13.6 Å². The highest BCUT2D eigenvalue weighted by atomic mass is 19.3. The molecule has 0 fully saturated rings. The number of hydrogen-bond donors (Lipinski definition) is 2. The zero-order chi connectivity index (χ0) is 13.0. The molecule has 0 aliphatic rings. The fourth-order valence-electron chi connectivity index (χ4n) is 1.49. The van der Waals surface area contributed by atoms with Gasteiger partial charge in [-0.1, -0.05) is 0 Å². The van der Waals surface area contributed by atoms with E-state index in [2.05, 4.69) is 0 Å². The second kappa shape index (κ2) is 5.37. The summed E-state index contributed by atoms with van der Waals surface area (Å²) in [4.78, 5) is 10.6. The van der Waals surface area contributed by atoms with Crippen molar-refractivity contribution >= 4 is 5.97 Å². The Morgan fingerprint density at radius 2 is 2.00 bits per heavy atom. The van der Waals surface area contributed by atoms with Crippen LogP contribution in [0.4, 0.5) is 8.78 Å². The van der Waals surface area contributed by atoms with Crippen LogP contribution in [0.5, 0.6) is 0 Å². The van der Waals surface area contributed by atoms with E-state index < -0.39 is 31.0 Å². The van der Waals surface area contributed by atoms with Gasteiger partial charge in [-0.2, -0.15) is 5.26 Å². The Morgan fingerprint density at radius 3 is 2.41 bits per heavy atom. The zero-order valence-electron chi connectivity index (χ0n) is 8.65. The van der Waals surface area contributed by atoms with Crippen molar-refractivity contribution in [2.75, 3.05) is 0 Å². The maximum atomic E-state index is 12.5. The summed E-state index contributed by atoms with van der Waals surface area (Å²) in [6.07, 6.45) is -3.31. The lowest BCUT2D eigenvalue weighted by Crippen LogP contribution is -2.06. The summed E-state index contributed by atoms with van der Waals surface area (Å²) < 4.78 is 25.0. The number of carboxylic acids is 1. The Hall–Kier alpha value is -2.00. The average Bonchev–Trinajstić information content (AvgIpc) is 2.26. The maximum Gasteiger partial charge on any atom is 0.307 e. The molecule has 1 aromatic carbocycles. The monoisotopic (exact) mass is 241 g/mol. The summed E-state index contributed by atoms with van der Waals surface area (Å²) in [5.41, 5.74) is -0.452. The smallest absolute Gasteiger partial charge is 0.307 e. The SMILES string of the molecule is N#Cc1c(CO)cc(C(F)F)cc1CC(=O)O. The summed E-state index contributed by atoms with van der Waals surface area (Å²) >= 11 is 0. The zero-order valence-corrected chi connectivity index (χ0v) is 8.65. The summed E-state index contributed by atoms with van der Waals surface area (Å²) in [5.74, 6) is -1.23. The van der Waals surface area contributed by atoms with Gasteiger partial charge < -0.3 is 10.2 Å². The van der Waals surface area contributed by atoms with Gasteiger partial charge in [0, 0.05) is 5.56 Å². The minimum Gasteiger partial charge on any atom is -0.481 e. The van der Waals surface area contributed by atoms with Gasteiger partial charge in [-0.05, 0) is 23.3 Å². The summed E-state index contributed by atoms with van der Waals surface area (Å²) in [7, 11) is 0. The Balaban J connectivity index is 3.38. The van der Waals surface area contributed by atoms with Crippen LogP contribution in [0.3, 0.4) is 0 Å². The van der Waals surface area contributed by atoms with E-state index in [-0.39, 0.29) is 16.7 Å². The normalized spacial score (nSPS) is 10.3. The van der Waals surface area contributed by atoms with Crippen molar-refractivity contribution in [3.63, 3.8) is 0 Å². The number of benzene rings is 1. The predicted molar refractivity (Wildman–Crippen MR) is 53.4 cm³/mol. The molecule has 90 valence electrons. The van der Waals surface area contributed by atoms with Crippen molar-refractivity contribution in [1.29, 1.82) is 5.26 Å². The molecule has 0 aliphatic carbocycles. The summed E-state index contributed by atoms with van der Waals surface area (Å²) in [5, 5.41) is 26.4. The molecule has 17 heavy (non-hydrogen) atoms. The van der Waals surface area contributed by atoms with Gasteiger partial charge in [0.05, 0.1) is 24.7 Å². The number of aliphatic hydroxyl groups is 1. The number of alkyl halides is 2. The molecule has 0 bridgehead atoms. The second-order valence-electron chi connectivity index (χ2n) is 3.36. The number of halogens is 2. The third-order valence-corrected chi connectivity index (χ3v) is 2.20. The lowest BCUT2D eigenvalue weighted by Gasteiger charge is -2.09. The second-order valence-corrected chi connectivity index (χ2v) is 3.36. The number of carboxylic acid groups (broad SMARTS) is 1. The van der Waals surface area contributed by atoms with E-state index in [0.29, 0.717) is 0 Å². The van der Waals surface area contributed by atoms with Gasteiger partial charge >= 0.3 is 5.97 Å². The quantitative estimate of drug-likeness (QED) is 0.839. The number of aliphatic carboxylic acids is 1. The van der Waals surface area contributed by atoms with Crippen LogP contribution in [-0.4, -0.2) is 16.2 Å². The molecule has 0 heterocycles. The minimum absolute atomic E-state index is 0.0122. The molecule has 4 nitrogen and oxygen atoms in total. The van der Waals surface area contributed by atoms with Crippen molar-refractivity contribution < 1.29 is 23.8 Å². The fourth-order valence-corrected chi connectivity index (χ4v) is 1.49. The van der Waals surface area contributed by atoms with Gasteiger partial charge in [0.2, 0.25) is 0 Å². The molecule has 0 saturated carbocycles. The lowest BCUT2D eigenvalue weighted by molar-refractivity contribution is -0.136. The van der Waals surface area contributed by atoms with E-state index >= 15 is 0 Å². The highest BCUT2D eigenvalue weighted by Crippen LogP contribution is 2.25. The van der Waals surface area contributed by atoms with Gasteiger partial charge in [0.25, 0.3) is 6.43 Å². The number of hydrogen-bond acceptors (Lipinski definition) is 3. The van der Waals surface area contributed by atoms with Crippen LogP contribution in [0.2, 0.25) is 0 Å². The Labute approximate surface area is 95.7 Å². The van der Waals surface area contributed by atoms with E-state index in [1.807, 2.05) is 0 Å². The molecule has 1 aromatic rings. The number of rotatable bonds is 4. The Bertz CT molecular complexity index is 480. The molecule has 0 spiro atoms. The topological polar surface area (TPSA) is 81.3 Å². The van der Waals surface area contributed by atoms with Gasteiger partial charge in [-0.25, -0.2) is 8.78 Å². The van der Waals surface area contributed by atoms with Crippen molar-refractivity contribution in [3.05, 3.63) is 34.4 Å². The van der Waals surface area contributed by atoms with E-state index in [4.69, 9.17) is 15.5 Å². The van der Waals surface area contributed by atoms with Crippen LogP contribution in [0.25, 0.3) is 0 Å². The van der Waals surface area contributed by atoms with Gasteiger partial charge in [-0.3, -0.25) is 4.79 Å². The van der Waals surface area contributed by atoms with E-state index in [1.165, 1.54) is 0 Å². The average molecular weight is 241 g/mol. The molecule has 0 radical (unpaired) electrons. The van der Waals surface area contributed by atoms with Crippen molar-refractivity contribution in [1.82, 2.24) is 0 Å². The van der Waals surface area contributed by atoms with Crippen LogP contribution in [-0.2, 0) is 17.8 Å². The Kier molecular flexibility index (Phi) is 4.12. The number of carbonyl (C=O) groups is 1. The molecular formula is C11H9F2NO3. The fraction of sp³-hybridized carbons (Fsp3) is 0.273. The molecule has 0 aromatic heterocycles. The molecule has 0 saturated heterocycles. The first-order chi connectivity index (χ1) is 7.99. The molecule has 2 N–H and O–H groups in total. The predicted octanol–water partition coefficient (Wildman–Crippen LogP) is 1.62. The number of nitriles is 1. The van der Waals surface area contributed by atoms with Gasteiger partial charge in [0.15, 0.2) is 0 Å². The first-order valence-electron chi connectivity index (χ1n) is 4.66. The molecule has 0 aliphatic heterocycles. The van der Waals surface area contributed by atoms with Crippen molar-refractivity contribution in [2.45, 2.75) is 19.5 Å². The number of aliphatic hydroxyl groups excluding tert-OH is 1. The van der Waals surface area contributed by atoms with E-state index in [1.54, 1.807) is 6.07 Å². The molecule has 6 heteroatoms. The lowest BCUT2D eigenvalue weighted by atomic mass is 9.96. The third-order valence-electron chi connectivity index (χ3n) is 2.20. The minimum atomic E-state index is -2.78. The largest absolute Gasteiger partial charge is 0.481 e. The summed E-state index contributed by atoms with van der Waals surface area (Å²) in [6.45, 7) is -0.587. The van der Waals surface area contributed by atoms with Crippen LogP contribution >= 0.6 is 0 Å². The third kappa shape index (κ3) is 2.98. The first-order valence-corrected chi connectivity index (χ1v) is 4.66. The highest BCUT2D eigenvalue weighted by molar-refractivity contribution is 5.72. The van der Waals surface area contributed by atoms with Crippen LogP contribution in [0, 0.1) is 11.3 Å². The van der Waals surface area contributed by atoms with Crippen LogP contribution in [0.1, 0.15) is 28.7 Å².